The fourth-order valence-electron chi connectivity index (χ4n) is 1.83. The molecule has 0 unspecified atom stereocenters. The third kappa shape index (κ3) is 3.52. The van der Waals surface area contributed by atoms with Crippen LogP contribution in [0, 0.1) is 0 Å². The molecule has 22 heavy (non-hydrogen) atoms. The van der Waals surface area contributed by atoms with E-state index in [2.05, 4.69) is 5.16 Å². The van der Waals surface area contributed by atoms with Gasteiger partial charge in [-0.1, -0.05) is 5.16 Å². The van der Waals surface area contributed by atoms with Gasteiger partial charge in [-0.3, -0.25) is 4.79 Å². The van der Waals surface area contributed by atoms with E-state index in [4.69, 9.17) is 9.63 Å². The molecule has 0 saturated heterocycles. The summed E-state index contributed by atoms with van der Waals surface area (Å²) in [6, 6.07) is 7.58. The Labute approximate surface area is 128 Å². The zero-order valence-electron chi connectivity index (χ0n) is 12.2. The molecule has 1 N–H and O–H groups in total. The predicted octanol–water partition coefficient (Wildman–Crippen LogP) is 0.809. The van der Waals surface area contributed by atoms with E-state index in [0.717, 1.165) is 6.26 Å². The van der Waals surface area contributed by atoms with Gasteiger partial charge in [-0.2, -0.15) is 0 Å². The van der Waals surface area contributed by atoms with Crippen molar-refractivity contribution in [2.75, 3.05) is 26.5 Å². The molecule has 0 saturated carbocycles. The first-order chi connectivity index (χ1) is 10.3. The largest absolute Gasteiger partial charge is 0.395 e. The van der Waals surface area contributed by atoms with E-state index in [0.29, 0.717) is 11.3 Å². The number of carbonyl (C=O) groups is 1. The summed E-state index contributed by atoms with van der Waals surface area (Å²) in [6.07, 6.45) is 1.13. The van der Waals surface area contributed by atoms with E-state index in [1.54, 1.807) is 19.2 Å². The minimum absolute atomic E-state index is 0.123. The number of benzene rings is 1. The fourth-order valence-corrected chi connectivity index (χ4v) is 2.46. The van der Waals surface area contributed by atoms with Crippen LogP contribution < -0.4 is 0 Å². The van der Waals surface area contributed by atoms with Crippen molar-refractivity contribution in [2.24, 2.45) is 0 Å². The summed E-state index contributed by atoms with van der Waals surface area (Å²) >= 11 is 0. The normalized spacial score (nSPS) is 11.4. The van der Waals surface area contributed by atoms with Crippen molar-refractivity contribution in [3.05, 3.63) is 36.0 Å². The Balaban J connectivity index is 2.23. The molecule has 1 heterocycles. The summed E-state index contributed by atoms with van der Waals surface area (Å²) in [6.45, 7) is 0.0595. The average Bonchev–Trinajstić information content (AvgIpc) is 2.95. The Morgan fingerprint density at radius 1 is 1.32 bits per heavy atom. The van der Waals surface area contributed by atoms with Gasteiger partial charge < -0.3 is 14.5 Å². The number of sulfone groups is 1. The lowest BCUT2D eigenvalue weighted by molar-refractivity contribution is 0.0757. The van der Waals surface area contributed by atoms with Crippen molar-refractivity contribution in [2.45, 2.75) is 4.90 Å². The molecular formula is C14H16N2O5S. The van der Waals surface area contributed by atoms with E-state index < -0.39 is 9.84 Å². The molecule has 1 aromatic carbocycles. The van der Waals surface area contributed by atoms with Crippen molar-refractivity contribution >= 4 is 15.7 Å². The Bertz CT molecular complexity index is 765. The van der Waals surface area contributed by atoms with Crippen LogP contribution in [0.2, 0.25) is 0 Å². The van der Waals surface area contributed by atoms with Crippen LogP contribution in [0.15, 0.2) is 39.8 Å². The number of aliphatic hydroxyl groups excluding tert-OH is 1. The standard InChI is InChI=1S/C14H16N2O5S/c1-16(7-8-17)14(18)12-9-13(21-15-12)10-3-5-11(6-4-10)22(2,19)20/h3-6,9,17H,7-8H2,1-2H3. The lowest BCUT2D eigenvalue weighted by atomic mass is 10.1. The lowest BCUT2D eigenvalue weighted by Crippen LogP contribution is -2.29. The molecule has 7 nitrogen and oxygen atoms in total. The zero-order valence-corrected chi connectivity index (χ0v) is 13.0. The van der Waals surface area contributed by atoms with Crippen molar-refractivity contribution in [3.8, 4) is 11.3 Å². The molecular weight excluding hydrogens is 308 g/mol. The minimum Gasteiger partial charge on any atom is -0.395 e. The Morgan fingerprint density at radius 3 is 2.50 bits per heavy atom. The smallest absolute Gasteiger partial charge is 0.275 e. The van der Waals surface area contributed by atoms with Crippen LogP contribution in [0.3, 0.4) is 0 Å². The second-order valence-electron chi connectivity index (χ2n) is 4.82. The summed E-state index contributed by atoms with van der Waals surface area (Å²) in [4.78, 5) is 13.5. The second kappa shape index (κ2) is 6.29. The topological polar surface area (TPSA) is 101 Å². The van der Waals surface area contributed by atoms with E-state index >= 15 is 0 Å². The van der Waals surface area contributed by atoms with Gasteiger partial charge in [0.15, 0.2) is 21.3 Å². The molecule has 1 aromatic heterocycles. The summed E-state index contributed by atoms with van der Waals surface area (Å²) in [5.41, 5.74) is 0.738. The van der Waals surface area contributed by atoms with E-state index in [9.17, 15) is 13.2 Å². The van der Waals surface area contributed by atoms with Gasteiger partial charge in [0.05, 0.1) is 11.5 Å². The second-order valence-corrected chi connectivity index (χ2v) is 6.84. The van der Waals surface area contributed by atoms with Crippen molar-refractivity contribution < 1.29 is 22.8 Å². The number of hydrogen-bond donors (Lipinski definition) is 1. The Morgan fingerprint density at radius 2 is 1.95 bits per heavy atom. The Hall–Kier alpha value is -2.19. The molecule has 0 spiro atoms. The van der Waals surface area contributed by atoms with E-state index in [1.165, 1.54) is 23.1 Å². The van der Waals surface area contributed by atoms with Crippen LogP contribution in [0.1, 0.15) is 10.5 Å². The van der Waals surface area contributed by atoms with Crippen molar-refractivity contribution in [1.29, 1.82) is 0 Å². The molecule has 1 amide bonds. The molecule has 2 rings (SSSR count). The van der Waals surface area contributed by atoms with Gasteiger partial charge in [-0.05, 0) is 24.3 Å². The van der Waals surface area contributed by atoms with E-state index in [1.807, 2.05) is 0 Å². The van der Waals surface area contributed by atoms with Gasteiger partial charge in [-0.15, -0.1) is 0 Å². The highest BCUT2D eigenvalue weighted by molar-refractivity contribution is 7.90. The van der Waals surface area contributed by atoms with Crippen LogP contribution in [0.4, 0.5) is 0 Å². The van der Waals surface area contributed by atoms with Crippen LogP contribution in [0.25, 0.3) is 11.3 Å². The van der Waals surface area contributed by atoms with Gasteiger partial charge in [-0.25, -0.2) is 8.42 Å². The third-order valence-corrected chi connectivity index (χ3v) is 4.21. The summed E-state index contributed by atoms with van der Waals surface area (Å²) in [5, 5.41) is 12.5. The monoisotopic (exact) mass is 324 g/mol. The molecule has 0 atom stereocenters. The van der Waals surface area contributed by atoms with Crippen molar-refractivity contribution in [3.63, 3.8) is 0 Å². The first kappa shape index (κ1) is 16.2. The molecule has 0 aliphatic heterocycles. The number of nitrogens with zero attached hydrogens (tertiary/aromatic N) is 2. The zero-order chi connectivity index (χ0) is 16.3. The lowest BCUT2D eigenvalue weighted by Gasteiger charge is -2.12. The van der Waals surface area contributed by atoms with Gasteiger partial charge >= 0.3 is 0 Å². The number of aliphatic hydroxyl groups is 1. The number of hydrogen-bond acceptors (Lipinski definition) is 6. The highest BCUT2D eigenvalue weighted by Gasteiger charge is 2.17. The predicted molar refractivity (Wildman–Crippen MR) is 79.1 cm³/mol. The maximum atomic E-state index is 12.0. The van der Waals surface area contributed by atoms with Gasteiger partial charge in [0, 0.05) is 31.5 Å². The maximum absolute atomic E-state index is 12.0. The molecule has 0 bridgehead atoms. The molecule has 0 aliphatic rings. The van der Waals surface area contributed by atoms with Gasteiger partial charge in [0.25, 0.3) is 5.91 Å². The maximum Gasteiger partial charge on any atom is 0.275 e. The van der Waals surface area contributed by atoms with Crippen molar-refractivity contribution in [1.82, 2.24) is 10.1 Å². The van der Waals surface area contributed by atoms with Gasteiger partial charge in [0.1, 0.15) is 0 Å². The highest BCUT2D eigenvalue weighted by Crippen LogP contribution is 2.22. The SMILES string of the molecule is CN(CCO)C(=O)c1cc(-c2ccc(S(C)(=O)=O)cc2)on1. The summed E-state index contributed by atoms with van der Waals surface area (Å²) in [5.74, 6) is -0.00222. The highest BCUT2D eigenvalue weighted by atomic mass is 32.2. The van der Waals surface area contributed by atoms with Crippen LogP contribution in [-0.2, 0) is 9.84 Å². The first-order valence-electron chi connectivity index (χ1n) is 6.46. The van der Waals surface area contributed by atoms with Crippen LogP contribution >= 0.6 is 0 Å². The molecule has 0 fully saturated rings. The number of amides is 1. The average molecular weight is 324 g/mol. The van der Waals surface area contributed by atoms with Crippen LogP contribution in [0.5, 0.6) is 0 Å². The van der Waals surface area contributed by atoms with Crippen LogP contribution in [-0.4, -0.2) is 55.9 Å². The molecule has 118 valence electrons. The first-order valence-corrected chi connectivity index (χ1v) is 8.35. The van der Waals surface area contributed by atoms with Gasteiger partial charge in [0.2, 0.25) is 0 Å². The molecule has 8 heteroatoms. The summed E-state index contributed by atoms with van der Waals surface area (Å²) < 4.78 is 27.9. The minimum atomic E-state index is -3.26. The molecule has 0 radical (unpaired) electrons. The number of carbonyl (C=O) groups excluding carboxylic acids is 1. The fraction of sp³-hybridized carbons (Fsp3) is 0.286. The molecule has 2 aromatic rings. The Kier molecular flexibility index (Phi) is 4.62. The third-order valence-electron chi connectivity index (χ3n) is 3.08. The summed E-state index contributed by atoms with van der Waals surface area (Å²) in [7, 11) is -1.71. The number of likely N-dealkylation sites (N-methyl/N-ethyl adjacent to an activating group) is 1. The quantitative estimate of drug-likeness (QED) is 0.873. The molecule has 0 aliphatic carbocycles. The number of rotatable bonds is 5. The number of aromatic nitrogens is 1. The van der Waals surface area contributed by atoms with E-state index in [-0.39, 0.29) is 29.6 Å².